The first-order valence-corrected chi connectivity index (χ1v) is 12.3. The van der Waals surface area contributed by atoms with Gasteiger partial charge in [0.2, 0.25) is 0 Å². The Balaban J connectivity index is 1.36. The molecule has 0 bridgehead atoms. The molecule has 1 aromatic heterocycles. The molecule has 0 spiro atoms. The zero-order valence-corrected chi connectivity index (χ0v) is 19.2. The van der Waals surface area contributed by atoms with E-state index in [1.54, 1.807) is 12.1 Å². The summed E-state index contributed by atoms with van der Waals surface area (Å²) in [7, 11) is 0. The van der Waals surface area contributed by atoms with Crippen molar-refractivity contribution in [1.29, 1.82) is 0 Å². The molecule has 1 saturated carbocycles. The SMILES string of the molecule is Fc1ccccc1[C@H](c1nnnn1CCc1ccccc1)N1CCN(C2CCCCC2)CC1. The second-order valence-corrected chi connectivity index (χ2v) is 9.28. The van der Waals surface area contributed by atoms with Crippen molar-refractivity contribution in [3.05, 3.63) is 77.4 Å². The van der Waals surface area contributed by atoms with E-state index >= 15 is 4.39 Å². The minimum atomic E-state index is -0.287. The molecule has 1 aliphatic heterocycles. The van der Waals surface area contributed by atoms with Crippen molar-refractivity contribution in [2.45, 2.75) is 57.2 Å². The van der Waals surface area contributed by atoms with E-state index in [1.807, 2.05) is 35.0 Å². The number of rotatable bonds is 7. The molecular weight excluding hydrogens is 415 g/mol. The molecular formula is C26H33FN6. The Morgan fingerprint density at radius 2 is 1.61 bits per heavy atom. The highest BCUT2D eigenvalue weighted by Gasteiger charge is 2.33. The number of hydrogen-bond acceptors (Lipinski definition) is 5. The lowest BCUT2D eigenvalue weighted by molar-refractivity contribution is 0.0612. The Morgan fingerprint density at radius 3 is 2.36 bits per heavy atom. The van der Waals surface area contributed by atoms with Gasteiger partial charge in [-0.05, 0) is 41.3 Å². The molecule has 0 N–H and O–H groups in total. The normalized spacial score (nSPS) is 19.5. The maximum atomic E-state index is 15.0. The zero-order chi connectivity index (χ0) is 22.5. The molecule has 2 aliphatic rings. The van der Waals surface area contributed by atoms with Gasteiger partial charge in [0.05, 0.1) is 0 Å². The summed E-state index contributed by atoms with van der Waals surface area (Å²) < 4.78 is 16.9. The second-order valence-electron chi connectivity index (χ2n) is 9.28. The largest absolute Gasteiger partial charge is 0.298 e. The van der Waals surface area contributed by atoms with Crippen LogP contribution in [0.3, 0.4) is 0 Å². The molecule has 0 radical (unpaired) electrons. The molecule has 0 amide bonds. The Morgan fingerprint density at radius 1 is 0.879 bits per heavy atom. The third-order valence-corrected chi connectivity index (χ3v) is 7.26. The number of halogens is 1. The molecule has 0 unspecified atom stereocenters. The van der Waals surface area contributed by atoms with Gasteiger partial charge in [-0.3, -0.25) is 9.80 Å². The molecule has 5 rings (SSSR count). The van der Waals surface area contributed by atoms with Crippen LogP contribution in [-0.4, -0.2) is 62.2 Å². The molecule has 6 nitrogen and oxygen atoms in total. The quantitative estimate of drug-likeness (QED) is 0.545. The fraction of sp³-hybridized carbons (Fsp3) is 0.500. The number of aryl methyl sites for hydroxylation is 2. The van der Waals surface area contributed by atoms with Crippen LogP contribution in [0, 0.1) is 5.82 Å². The highest BCUT2D eigenvalue weighted by atomic mass is 19.1. The lowest BCUT2D eigenvalue weighted by Gasteiger charge is -2.43. The van der Waals surface area contributed by atoms with Crippen LogP contribution in [-0.2, 0) is 13.0 Å². The topological polar surface area (TPSA) is 50.1 Å². The van der Waals surface area contributed by atoms with Gasteiger partial charge >= 0.3 is 0 Å². The average Bonchev–Trinajstić information content (AvgIpc) is 3.34. The number of nitrogens with zero attached hydrogens (tertiary/aromatic N) is 6. The van der Waals surface area contributed by atoms with Crippen molar-refractivity contribution in [2.24, 2.45) is 0 Å². The summed E-state index contributed by atoms with van der Waals surface area (Å²) in [6, 6.07) is 17.8. The van der Waals surface area contributed by atoms with Crippen molar-refractivity contribution in [3.8, 4) is 0 Å². The summed E-state index contributed by atoms with van der Waals surface area (Å²) in [6.45, 7) is 4.48. The van der Waals surface area contributed by atoms with Crippen LogP contribution in [0.5, 0.6) is 0 Å². The third-order valence-electron chi connectivity index (χ3n) is 7.26. The minimum absolute atomic E-state index is 0.199. The van der Waals surface area contributed by atoms with Gasteiger partial charge in [-0.15, -0.1) is 5.10 Å². The van der Waals surface area contributed by atoms with E-state index in [0.717, 1.165) is 38.4 Å². The number of aromatic nitrogens is 4. The third kappa shape index (κ3) is 5.14. The maximum absolute atomic E-state index is 15.0. The first kappa shape index (κ1) is 22.2. The van der Waals surface area contributed by atoms with Crippen molar-refractivity contribution < 1.29 is 4.39 Å². The molecule has 1 atom stereocenters. The van der Waals surface area contributed by atoms with Crippen molar-refractivity contribution >= 4 is 0 Å². The predicted octanol–water partition coefficient (Wildman–Crippen LogP) is 4.09. The molecule has 33 heavy (non-hydrogen) atoms. The molecule has 1 aliphatic carbocycles. The highest BCUT2D eigenvalue weighted by Crippen LogP contribution is 2.31. The highest BCUT2D eigenvalue weighted by molar-refractivity contribution is 5.27. The fourth-order valence-electron chi connectivity index (χ4n) is 5.45. The summed E-state index contributed by atoms with van der Waals surface area (Å²) in [6.07, 6.45) is 7.52. The van der Waals surface area contributed by atoms with E-state index in [4.69, 9.17) is 0 Å². The first-order chi connectivity index (χ1) is 16.3. The summed E-state index contributed by atoms with van der Waals surface area (Å²) in [5.41, 5.74) is 1.89. The summed E-state index contributed by atoms with van der Waals surface area (Å²) >= 11 is 0. The lowest BCUT2D eigenvalue weighted by Crippen LogP contribution is -2.52. The molecule has 174 valence electrons. The Kier molecular flexibility index (Phi) is 7.07. The van der Waals surface area contributed by atoms with E-state index in [-0.39, 0.29) is 11.9 Å². The van der Waals surface area contributed by atoms with Gasteiger partial charge in [-0.2, -0.15) is 0 Å². The Bertz CT molecular complexity index is 1010. The fourth-order valence-corrected chi connectivity index (χ4v) is 5.45. The van der Waals surface area contributed by atoms with E-state index < -0.39 is 0 Å². The van der Waals surface area contributed by atoms with Gasteiger partial charge in [0.25, 0.3) is 0 Å². The summed E-state index contributed by atoms with van der Waals surface area (Å²) in [5, 5.41) is 12.7. The smallest absolute Gasteiger partial charge is 0.173 e. The van der Waals surface area contributed by atoms with Gasteiger partial charge < -0.3 is 0 Å². The first-order valence-electron chi connectivity index (χ1n) is 12.3. The van der Waals surface area contributed by atoms with Gasteiger partial charge in [0.1, 0.15) is 11.9 Å². The molecule has 2 aromatic carbocycles. The standard InChI is InChI=1S/C26H33FN6/c27-24-14-8-7-13-23(24)25(32-19-17-31(18-20-32)22-11-5-2-6-12-22)26-28-29-30-33(26)16-15-21-9-3-1-4-10-21/h1,3-4,7-10,13-14,22,25H,2,5-6,11-12,15-20H2/t25-/m1/s1. The summed E-state index contributed by atoms with van der Waals surface area (Å²) in [4.78, 5) is 5.01. The average molecular weight is 449 g/mol. The van der Waals surface area contributed by atoms with Gasteiger partial charge in [0.15, 0.2) is 5.82 Å². The van der Waals surface area contributed by atoms with Crippen molar-refractivity contribution in [3.63, 3.8) is 0 Å². The van der Waals surface area contributed by atoms with Crippen molar-refractivity contribution in [2.75, 3.05) is 26.2 Å². The van der Waals surface area contributed by atoms with Gasteiger partial charge in [-0.25, -0.2) is 9.07 Å². The number of hydrogen-bond donors (Lipinski definition) is 0. The van der Waals surface area contributed by atoms with Crippen LogP contribution in [0.25, 0.3) is 0 Å². The van der Waals surface area contributed by atoms with Crippen LogP contribution in [0.2, 0.25) is 0 Å². The monoisotopic (exact) mass is 448 g/mol. The molecule has 2 heterocycles. The van der Waals surface area contributed by atoms with Crippen LogP contribution in [0.1, 0.15) is 55.1 Å². The molecule has 3 aromatic rings. The Hall–Kier alpha value is -2.64. The van der Waals surface area contributed by atoms with E-state index in [1.165, 1.54) is 37.7 Å². The van der Waals surface area contributed by atoms with Gasteiger partial charge in [0, 0.05) is 44.3 Å². The van der Waals surface area contributed by atoms with E-state index in [2.05, 4.69) is 37.5 Å². The number of piperazine rings is 1. The van der Waals surface area contributed by atoms with Gasteiger partial charge in [-0.1, -0.05) is 67.8 Å². The zero-order valence-electron chi connectivity index (χ0n) is 19.2. The molecule has 2 fully saturated rings. The van der Waals surface area contributed by atoms with Crippen LogP contribution in [0.15, 0.2) is 54.6 Å². The number of tetrazole rings is 1. The van der Waals surface area contributed by atoms with Crippen LogP contribution >= 0.6 is 0 Å². The molecule has 1 saturated heterocycles. The van der Waals surface area contributed by atoms with Crippen molar-refractivity contribution in [1.82, 2.24) is 30.0 Å². The summed E-state index contributed by atoms with van der Waals surface area (Å²) in [5.74, 6) is 0.525. The van der Waals surface area contributed by atoms with E-state index in [9.17, 15) is 0 Å². The minimum Gasteiger partial charge on any atom is -0.298 e. The maximum Gasteiger partial charge on any atom is 0.173 e. The Labute approximate surface area is 195 Å². The molecule has 7 heteroatoms. The lowest BCUT2D eigenvalue weighted by atomic mass is 9.93. The van der Waals surface area contributed by atoms with Crippen LogP contribution in [0.4, 0.5) is 4.39 Å². The number of benzene rings is 2. The second kappa shape index (κ2) is 10.5. The predicted molar refractivity (Wildman–Crippen MR) is 126 cm³/mol. The van der Waals surface area contributed by atoms with E-state index in [0.29, 0.717) is 18.2 Å². The van der Waals surface area contributed by atoms with Crippen LogP contribution < -0.4 is 0 Å².